The lowest BCUT2D eigenvalue weighted by molar-refractivity contribution is -0.123. The lowest BCUT2D eigenvalue weighted by Crippen LogP contribution is -2.24. The minimum atomic E-state index is -0.505. The van der Waals surface area contributed by atoms with Gasteiger partial charge >= 0.3 is 5.97 Å². The molecule has 32 heavy (non-hydrogen) atoms. The van der Waals surface area contributed by atoms with E-state index in [0.29, 0.717) is 21.3 Å². The van der Waals surface area contributed by atoms with E-state index in [1.165, 1.54) is 6.21 Å². The summed E-state index contributed by atoms with van der Waals surface area (Å²) in [6.07, 6.45) is 1.40. The number of esters is 1. The molecule has 0 aliphatic rings. The molecule has 6 nitrogen and oxygen atoms in total. The Labute approximate surface area is 202 Å². The Morgan fingerprint density at radius 3 is 2.47 bits per heavy atom. The molecule has 0 atom stereocenters. The third kappa shape index (κ3) is 6.51. The Balaban J connectivity index is 1.66. The zero-order valence-electron chi connectivity index (χ0n) is 17.4. The molecule has 1 N–H and O–H groups in total. The van der Waals surface area contributed by atoms with Crippen LogP contribution in [0.5, 0.6) is 11.5 Å². The van der Waals surface area contributed by atoms with Crippen LogP contribution in [0.15, 0.2) is 74.7 Å². The molecule has 1 amide bonds. The van der Waals surface area contributed by atoms with Gasteiger partial charge in [-0.3, -0.25) is 4.79 Å². The minimum absolute atomic E-state index is 0.183. The second-order valence-corrected chi connectivity index (χ2v) is 8.66. The summed E-state index contributed by atoms with van der Waals surface area (Å²) in [7, 11) is 0. The first-order chi connectivity index (χ1) is 15.3. The van der Waals surface area contributed by atoms with E-state index in [9.17, 15) is 9.59 Å². The Morgan fingerprint density at radius 2 is 1.75 bits per heavy atom. The topological polar surface area (TPSA) is 77.0 Å². The van der Waals surface area contributed by atoms with E-state index in [1.807, 2.05) is 38.1 Å². The molecule has 0 radical (unpaired) electrons. The molecule has 0 saturated carbocycles. The lowest BCUT2D eigenvalue weighted by Gasteiger charge is -2.10. The number of carbonyl (C=O) groups excluding carboxylic acids is 2. The fourth-order valence-electron chi connectivity index (χ4n) is 2.67. The third-order valence-corrected chi connectivity index (χ3v) is 5.53. The summed E-state index contributed by atoms with van der Waals surface area (Å²) in [5, 5.41) is 3.97. The van der Waals surface area contributed by atoms with Gasteiger partial charge in [-0.05, 0) is 77.3 Å². The van der Waals surface area contributed by atoms with Crippen LogP contribution in [0.4, 0.5) is 0 Å². The number of ether oxygens (including phenoxy) is 2. The zero-order valence-corrected chi connectivity index (χ0v) is 20.6. The molecule has 3 aromatic rings. The first-order valence-electron chi connectivity index (χ1n) is 9.61. The summed E-state index contributed by atoms with van der Waals surface area (Å²) in [4.78, 5) is 24.6. The molecule has 0 aliphatic carbocycles. The van der Waals surface area contributed by atoms with E-state index < -0.39 is 11.9 Å². The van der Waals surface area contributed by atoms with Gasteiger partial charge in [-0.15, -0.1) is 0 Å². The third-order valence-electron chi connectivity index (χ3n) is 4.48. The first kappa shape index (κ1) is 23.7. The molecule has 0 heterocycles. The van der Waals surface area contributed by atoms with Gasteiger partial charge in [-0.1, -0.05) is 40.2 Å². The average molecular weight is 560 g/mol. The van der Waals surface area contributed by atoms with Gasteiger partial charge < -0.3 is 9.47 Å². The van der Waals surface area contributed by atoms with Crippen molar-refractivity contribution in [1.29, 1.82) is 0 Å². The van der Waals surface area contributed by atoms with Crippen LogP contribution < -0.4 is 14.9 Å². The number of nitrogens with zero attached hydrogens (tertiary/aromatic N) is 1. The average Bonchev–Trinajstić information content (AvgIpc) is 2.77. The molecule has 0 bridgehead atoms. The van der Waals surface area contributed by atoms with Crippen molar-refractivity contribution in [3.8, 4) is 11.5 Å². The van der Waals surface area contributed by atoms with Crippen molar-refractivity contribution in [1.82, 2.24) is 5.43 Å². The van der Waals surface area contributed by atoms with Crippen LogP contribution in [-0.4, -0.2) is 24.7 Å². The van der Waals surface area contributed by atoms with E-state index in [4.69, 9.17) is 9.47 Å². The number of hydrogen-bond donors (Lipinski definition) is 1. The van der Waals surface area contributed by atoms with Gasteiger partial charge in [-0.25, -0.2) is 10.2 Å². The quantitative estimate of drug-likeness (QED) is 0.177. The number of benzene rings is 3. The predicted molar refractivity (Wildman–Crippen MR) is 130 cm³/mol. The lowest BCUT2D eigenvalue weighted by atomic mass is 10.1. The van der Waals surface area contributed by atoms with Gasteiger partial charge in [0, 0.05) is 10.0 Å². The van der Waals surface area contributed by atoms with Gasteiger partial charge in [0.15, 0.2) is 12.4 Å². The number of halogens is 2. The fourth-order valence-corrected chi connectivity index (χ4v) is 4.01. The number of hydrazone groups is 1. The summed E-state index contributed by atoms with van der Waals surface area (Å²) in [5.74, 6) is -0.0323. The molecule has 0 aromatic heterocycles. The summed E-state index contributed by atoms with van der Waals surface area (Å²) in [5.41, 5.74) is 5.55. The second kappa shape index (κ2) is 11.1. The van der Waals surface area contributed by atoms with Crippen LogP contribution in [0.25, 0.3) is 0 Å². The number of rotatable bonds is 7. The van der Waals surface area contributed by atoms with E-state index in [-0.39, 0.29) is 12.4 Å². The Kier molecular flexibility index (Phi) is 8.19. The largest absolute Gasteiger partial charge is 0.484 e. The highest BCUT2D eigenvalue weighted by atomic mass is 79.9. The number of aryl methyl sites for hydroxylation is 2. The standard InChI is InChI=1S/C24H20Br2N2O4/c1-15-8-9-20(10-16(15)2)31-14-22(29)28-27-13-18-11-19(25)12-21(26)23(18)32-24(30)17-6-4-3-5-7-17/h3-13H,14H2,1-2H3,(H,28,29). The van der Waals surface area contributed by atoms with E-state index in [0.717, 1.165) is 15.6 Å². The molecule has 164 valence electrons. The highest BCUT2D eigenvalue weighted by molar-refractivity contribution is 9.11. The van der Waals surface area contributed by atoms with E-state index in [1.54, 1.807) is 36.4 Å². The fraction of sp³-hybridized carbons (Fsp3) is 0.125. The number of carbonyl (C=O) groups is 2. The maximum Gasteiger partial charge on any atom is 0.343 e. The smallest absolute Gasteiger partial charge is 0.343 e. The van der Waals surface area contributed by atoms with Gasteiger partial charge in [-0.2, -0.15) is 5.10 Å². The van der Waals surface area contributed by atoms with Crippen molar-refractivity contribution in [3.05, 3.63) is 91.9 Å². The van der Waals surface area contributed by atoms with Crippen LogP contribution >= 0.6 is 31.9 Å². The summed E-state index contributed by atoms with van der Waals surface area (Å²) in [6, 6.07) is 17.7. The van der Waals surface area contributed by atoms with Crippen molar-refractivity contribution in [3.63, 3.8) is 0 Å². The first-order valence-corrected chi connectivity index (χ1v) is 11.2. The molecular weight excluding hydrogens is 540 g/mol. The number of nitrogens with one attached hydrogen (secondary N) is 1. The second-order valence-electron chi connectivity index (χ2n) is 6.89. The van der Waals surface area contributed by atoms with Gasteiger partial charge in [0.25, 0.3) is 5.91 Å². The molecule has 0 saturated heterocycles. The van der Waals surface area contributed by atoms with Crippen molar-refractivity contribution in [2.24, 2.45) is 5.10 Å². The van der Waals surface area contributed by atoms with Gasteiger partial charge in [0.05, 0.1) is 16.3 Å². The predicted octanol–water partition coefficient (Wildman–Crippen LogP) is 5.58. The van der Waals surface area contributed by atoms with Crippen LogP contribution in [0.3, 0.4) is 0 Å². The van der Waals surface area contributed by atoms with Gasteiger partial charge in [0.1, 0.15) is 5.75 Å². The summed E-state index contributed by atoms with van der Waals surface area (Å²) in [6.45, 7) is 3.80. The molecule has 0 spiro atoms. The number of hydrogen-bond acceptors (Lipinski definition) is 5. The van der Waals surface area contributed by atoms with E-state index >= 15 is 0 Å². The highest BCUT2D eigenvalue weighted by Gasteiger charge is 2.15. The zero-order chi connectivity index (χ0) is 23.1. The van der Waals surface area contributed by atoms with Crippen LogP contribution in [0.1, 0.15) is 27.0 Å². The molecular formula is C24H20Br2N2O4. The Morgan fingerprint density at radius 1 is 1.00 bits per heavy atom. The molecule has 8 heteroatoms. The maximum atomic E-state index is 12.5. The normalized spacial score (nSPS) is 10.8. The molecule has 3 rings (SSSR count). The molecule has 0 unspecified atom stereocenters. The van der Waals surface area contributed by atoms with Crippen LogP contribution in [0, 0.1) is 13.8 Å². The van der Waals surface area contributed by atoms with E-state index in [2.05, 4.69) is 42.4 Å². The summed E-state index contributed by atoms with van der Waals surface area (Å²) < 4.78 is 12.4. The van der Waals surface area contributed by atoms with Gasteiger partial charge in [0.2, 0.25) is 0 Å². The molecule has 3 aromatic carbocycles. The monoisotopic (exact) mass is 558 g/mol. The molecule has 0 aliphatic heterocycles. The highest BCUT2D eigenvalue weighted by Crippen LogP contribution is 2.32. The Hall–Kier alpha value is -2.97. The Bertz CT molecular complexity index is 1160. The van der Waals surface area contributed by atoms with Crippen molar-refractivity contribution in [2.75, 3.05) is 6.61 Å². The van der Waals surface area contributed by atoms with Crippen LogP contribution in [0.2, 0.25) is 0 Å². The van der Waals surface area contributed by atoms with Crippen molar-refractivity contribution >= 4 is 50.0 Å². The SMILES string of the molecule is Cc1ccc(OCC(=O)NN=Cc2cc(Br)cc(Br)c2OC(=O)c2ccccc2)cc1C. The van der Waals surface area contributed by atoms with Crippen molar-refractivity contribution in [2.45, 2.75) is 13.8 Å². The molecule has 0 fully saturated rings. The van der Waals surface area contributed by atoms with Crippen LogP contribution in [-0.2, 0) is 4.79 Å². The number of amides is 1. The minimum Gasteiger partial charge on any atom is -0.484 e. The van der Waals surface area contributed by atoms with Crippen molar-refractivity contribution < 1.29 is 19.1 Å². The maximum absolute atomic E-state index is 12.5. The summed E-state index contributed by atoms with van der Waals surface area (Å²) >= 11 is 6.81.